The van der Waals surface area contributed by atoms with Gasteiger partial charge in [-0.15, -0.1) is 0 Å². The van der Waals surface area contributed by atoms with Gasteiger partial charge in [-0.05, 0) is 49.2 Å². The van der Waals surface area contributed by atoms with E-state index in [9.17, 15) is 4.79 Å². The fraction of sp³-hybridized carbons (Fsp3) is 0.261. The van der Waals surface area contributed by atoms with Crippen LogP contribution in [0, 0.1) is 0 Å². The van der Waals surface area contributed by atoms with Crippen molar-refractivity contribution in [3.63, 3.8) is 0 Å². The fourth-order valence-electron chi connectivity index (χ4n) is 3.39. The molecule has 6 nitrogen and oxygen atoms in total. The van der Waals surface area contributed by atoms with Crippen molar-refractivity contribution in [1.82, 2.24) is 15.3 Å². The van der Waals surface area contributed by atoms with Crippen molar-refractivity contribution in [2.45, 2.75) is 38.1 Å². The third-order valence-electron chi connectivity index (χ3n) is 4.93. The van der Waals surface area contributed by atoms with E-state index in [0.717, 1.165) is 30.0 Å². The SMILES string of the molecule is O=C(NC1CCCCC1)c1cnc(Nc2ccc(Oc3ccccc3)cc2)cn1. The topological polar surface area (TPSA) is 76.1 Å². The molecule has 1 aliphatic carbocycles. The number of ether oxygens (including phenoxy) is 1. The van der Waals surface area contributed by atoms with Crippen LogP contribution in [-0.2, 0) is 0 Å². The Morgan fingerprint density at radius 3 is 2.28 bits per heavy atom. The van der Waals surface area contributed by atoms with Gasteiger partial charge in [0.15, 0.2) is 0 Å². The van der Waals surface area contributed by atoms with Crippen LogP contribution in [0.4, 0.5) is 11.5 Å². The van der Waals surface area contributed by atoms with Crippen LogP contribution in [0.5, 0.6) is 11.5 Å². The predicted octanol–water partition coefficient (Wildman–Crippen LogP) is 5.08. The Morgan fingerprint density at radius 2 is 1.59 bits per heavy atom. The summed E-state index contributed by atoms with van der Waals surface area (Å²) in [5, 5.41) is 6.24. The van der Waals surface area contributed by atoms with E-state index in [2.05, 4.69) is 20.6 Å². The highest BCUT2D eigenvalue weighted by Gasteiger charge is 2.17. The van der Waals surface area contributed by atoms with Crippen LogP contribution >= 0.6 is 0 Å². The quantitative estimate of drug-likeness (QED) is 0.616. The molecule has 1 aromatic heterocycles. The molecule has 2 N–H and O–H groups in total. The maximum atomic E-state index is 12.3. The van der Waals surface area contributed by atoms with Crippen molar-refractivity contribution < 1.29 is 9.53 Å². The normalized spacial score (nSPS) is 14.2. The van der Waals surface area contributed by atoms with Crippen LogP contribution < -0.4 is 15.4 Å². The third-order valence-corrected chi connectivity index (χ3v) is 4.93. The second-order valence-electron chi connectivity index (χ2n) is 7.16. The van der Waals surface area contributed by atoms with Crippen molar-refractivity contribution in [2.24, 2.45) is 0 Å². The number of nitrogens with zero attached hydrogens (tertiary/aromatic N) is 2. The van der Waals surface area contributed by atoms with Crippen LogP contribution in [-0.4, -0.2) is 21.9 Å². The maximum Gasteiger partial charge on any atom is 0.271 e. The second-order valence-corrected chi connectivity index (χ2v) is 7.16. The van der Waals surface area contributed by atoms with Crippen LogP contribution in [0.15, 0.2) is 67.0 Å². The zero-order chi connectivity index (χ0) is 19.9. The first-order valence-electron chi connectivity index (χ1n) is 9.99. The van der Waals surface area contributed by atoms with Gasteiger partial charge in [0.05, 0.1) is 12.4 Å². The number of aromatic nitrogens is 2. The standard InChI is InChI=1S/C23H24N4O2/c28-23(27-17-7-3-1-4-8-17)21-15-25-22(16-24-21)26-18-11-13-20(14-12-18)29-19-9-5-2-6-10-19/h2,5-6,9-17H,1,3-4,7-8H2,(H,25,26)(H,27,28). The second kappa shape index (κ2) is 9.19. The highest BCUT2D eigenvalue weighted by atomic mass is 16.5. The van der Waals surface area contributed by atoms with E-state index < -0.39 is 0 Å². The molecule has 1 heterocycles. The molecule has 1 fully saturated rings. The first-order valence-corrected chi connectivity index (χ1v) is 9.99. The minimum atomic E-state index is -0.154. The summed E-state index contributed by atoms with van der Waals surface area (Å²) in [5.41, 5.74) is 1.20. The Kier molecular flexibility index (Phi) is 6.00. The van der Waals surface area contributed by atoms with Crippen molar-refractivity contribution in [3.8, 4) is 11.5 Å². The van der Waals surface area contributed by atoms with Gasteiger partial charge in [0.1, 0.15) is 23.0 Å². The lowest BCUT2D eigenvalue weighted by molar-refractivity contribution is 0.0922. The number of rotatable bonds is 6. The molecule has 0 bridgehead atoms. The summed E-state index contributed by atoms with van der Waals surface area (Å²) in [4.78, 5) is 20.9. The van der Waals surface area contributed by atoms with Gasteiger partial charge in [0, 0.05) is 11.7 Å². The van der Waals surface area contributed by atoms with Gasteiger partial charge in [0.2, 0.25) is 0 Å². The minimum absolute atomic E-state index is 0.154. The molecule has 0 atom stereocenters. The Balaban J connectivity index is 1.33. The van der Waals surface area contributed by atoms with Crippen molar-refractivity contribution >= 4 is 17.4 Å². The summed E-state index contributed by atoms with van der Waals surface area (Å²) >= 11 is 0. The van der Waals surface area contributed by atoms with Gasteiger partial charge >= 0.3 is 0 Å². The van der Waals surface area contributed by atoms with Crippen LogP contribution in [0.2, 0.25) is 0 Å². The number of benzene rings is 2. The molecule has 6 heteroatoms. The number of carbonyl (C=O) groups is 1. The zero-order valence-electron chi connectivity index (χ0n) is 16.2. The minimum Gasteiger partial charge on any atom is -0.457 e. The molecule has 4 rings (SSSR count). The molecule has 1 saturated carbocycles. The lowest BCUT2D eigenvalue weighted by Gasteiger charge is -2.22. The predicted molar refractivity (Wildman–Crippen MR) is 113 cm³/mol. The van der Waals surface area contributed by atoms with Crippen LogP contribution in [0.25, 0.3) is 0 Å². The third kappa shape index (κ3) is 5.31. The van der Waals surface area contributed by atoms with Gasteiger partial charge in [-0.1, -0.05) is 37.5 Å². The van der Waals surface area contributed by atoms with E-state index in [1.165, 1.54) is 25.5 Å². The summed E-state index contributed by atoms with van der Waals surface area (Å²) in [6.45, 7) is 0. The number of nitrogens with one attached hydrogen (secondary N) is 2. The summed E-state index contributed by atoms with van der Waals surface area (Å²) in [6, 6.07) is 17.5. The molecule has 29 heavy (non-hydrogen) atoms. The molecule has 2 aromatic carbocycles. The lowest BCUT2D eigenvalue weighted by Crippen LogP contribution is -2.36. The monoisotopic (exact) mass is 388 g/mol. The summed E-state index contributed by atoms with van der Waals surface area (Å²) in [6.07, 6.45) is 8.78. The average molecular weight is 388 g/mol. The number of anilines is 2. The average Bonchev–Trinajstić information content (AvgIpc) is 2.77. The number of amides is 1. The van der Waals surface area contributed by atoms with Crippen molar-refractivity contribution in [1.29, 1.82) is 0 Å². The van der Waals surface area contributed by atoms with E-state index in [-0.39, 0.29) is 11.9 Å². The molecular weight excluding hydrogens is 364 g/mol. The highest BCUT2D eigenvalue weighted by molar-refractivity contribution is 5.92. The molecule has 3 aromatic rings. The Hall–Kier alpha value is -3.41. The van der Waals surface area contributed by atoms with Gasteiger partial charge in [-0.3, -0.25) is 4.79 Å². The largest absolute Gasteiger partial charge is 0.457 e. The first-order chi connectivity index (χ1) is 14.3. The van der Waals surface area contributed by atoms with E-state index in [1.807, 2.05) is 54.6 Å². The van der Waals surface area contributed by atoms with Gasteiger partial charge < -0.3 is 15.4 Å². The summed E-state index contributed by atoms with van der Waals surface area (Å²) < 4.78 is 5.79. The smallest absolute Gasteiger partial charge is 0.271 e. The van der Waals surface area contributed by atoms with Crippen molar-refractivity contribution in [2.75, 3.05) is 5.32 Å². The Labute approximate surface area is 170 Å². The number of hydrogen-bond donors (Lipinski definition) is 2. The van der Waals surface area contributed by atoms with E-state index in [1.54, 1.807) is 6.20 Å². The first kappa shape index (κ1) is 18.9. The molecule has 0 unspecified atom stereocenters. The number of carbonyl (C=O) groups excluding carboxylic acids is 1. The van der Waals surface area contributed by atoms with Crippen molar-refractivity contribution in [3.05, 3.63) is 72.7 Å². The lowest BCUT2D eigenvalue weighted by atomic mass is 9.95. The van der Waals surface area contributed by atoms with E-state index in [0.29, 0.717) is 11.5 Å². The molecule has 1 aliphatic rings. The Morgan fingerprint density at radius 1 is 0.862 bits per heavy atom. The van der Waals surface area contributed by atoms with Gasteiger partial charge in [-0.25, -0.2) is 9.97 Å². The maximum absolute atomic E-state index is 12.3. The van der Waals surface area contributed by atoms with E-state index in [4.69, 9.17) is 4.74 Å². The number of para-hydroxylation sites is 1. The number of hydrogen-bond acceptors (Lipinski definition) is 5. The zero-order valence-corrected chi connectivity index (χ0v) is 16.2. The van der Waals surface area contributed by atoms with Crippen LogP contribution in [0.1, 0.15) is 42.6 Å². The van der Waals surface area contributed by atoms with Gasteiger partial charge in [-0.2, -0.15) is 0 Å². The highest BCUT2D eigenvalue weighted by Crippen LogP contribution is 2.24. The molecular formula is C23H24N4O2. The summed E-state index contributed by atoms with van der Waals surface area (Å²) in [7, 11) is 0. The van der Waals surface area contributed by atoms with Crippen LogP contribution in [0.3, 0.4) is 0 Å². The molecule has 0 aliphatic heterocycles. The molecule has 0 saturated heterocycles. The fourth-order valence-corrected chi connectivity index (χ4v) is 3.39. The Bertz CT molecular complexity index is 921. The molecule has 148 valence electrons. The molecule has 0 spiro atoms. The molecule has 0 radical (unpaired) electrons. The van der Waals surface area contributed by atoms with E-state index >= 15 is 0 Å². The summed E-state index contributed by atoms with van der Waals surface area (Å²) in [5.74, 6) is 1.97. The van der Waals surface area contributed by atoms with Gasteiger partial charge in [0.25, 0.3) is 5.91 Å². The molecule has 1 amide bonds.